The summed E-state index contributed by atoms with van der Waals surface area (Å²) < 4.78 is 11.3. The maximum atomic E-state index is 12.3. The number of methoxy groups -OCH3 is 1. The Morgan fingerprint density at radius 3 is 2.33 bits per heavy atom. The molecule has 0 heterocycles. The molecule has 0 spiro atoms. The fourth-order valence-electron chi connectivity index (χ4n) is 3.05. The number of carbonyl (C=O) groups is 1. The lowest BCUT2D eigenvalue weighted by molar-refractivity contribution is -0.118. The summed E-state index contributed by atoms with van der Waals surface area (Å²) in [5.74, 6) is 0.936. The van der Waals surface area contributed by atoms with Gasteiger partial charge >= 0.3 is 0 Å². The van der Waals surface area contributed by atoms with E-state index >= 15 is 0 Å². The second-order valence-electron chi connectivity index (χ2n) is 7.30. The van der Waals surface area contributed by atoms with Crippen LogP contribution in [0.3, 0.4) is 0 Å². The van der Waals surface area contributed by atoms with Gasteiger partial charge in [-0.3, -0.25) is 4.79 Å². The molecule has 0 atom stereocenters. The van der Waals surface area contributed by atoms with Crippen molar-refractivity contribution in [2.45, 2.75) is 27.3 Å². The Labute approximate surface area is 178 Å². The van der Waals surface area contributed by atoms with Gasteiger partial charge in [0.15, 0.2) is 18.1 Å². The average molecular weight is 405 g/mol. The summed E-state index contributed by atoms with van der Waals surface area (Å²) in [5, 5.41) is 6.26. The fraction of sp³-hybridized carbons (Fsp3) is 0.240. The molecule has 0 saturated carbocycles. The first-order valence-corrected chi connectivity index (χ1v) is 9.92. The largest absolute Gasteiger partial charge is 0.493 e. The summed E-state index contributed by atoms with van der Waals surface area (Å²) >= 11 is 0. The quantitative estimate of drug-likeness (QED) is 0.538. The van der Waals surface area contributed by atoms with Crippen LogP contribution >= 0.6 is 0 Å². The first-order chi connectivity index (χ1) is 14.5. The van der Waals surface area contributed by atoms with Crippen LogP contribution in [-0.2, 0) is 11.3 Å². The number of benzene rings is 3. The second kappa shape index (κ2) is 9.83. The van der Waals surface area contributed by atoms with E-state index in [9.17, 15) is 4.79 Å². The van der Waals surface area contributed by atoms with Crippen molar-refractivity contribution in [3.63, 3.8) is 0 Å². The molecule has 5 nitrogen and oxygen atoms in total. The first kappa shape index (κ1) is 21.2. The first-order valence-electron chi connectivity index (χ1n) is 9.92. The van der Waals surface area contributed by atoms with Gasteiger partial charge in [-0.05, 0) is 62.2 Å². The van der Waals surface area contributed by atoms with E-state index in [0.29, 0.717) is 18.0 Å². The van der Waals surface area contributed by atoms with Crippen molar-refractivity contribution < 1.29 is 14.3 Å². The summed E-state index contributed by atoms with van der Waals surface area (Å²) in [7, 11) is 1.59. The molecule has 3 aromatic carbocycles. The zero-order chi connectivity index (χ0) is 21.5. The van der Waals surface area contributed by atoms with Gasteiger partial charge in [0.1, 0.15) is 0 Å². The Hall–Kier alpha value is -3.47. The Kier molecular flexibility index (Phi) is 6.96. The molecule has 1 amide bonds. The van der Waals surface area contributed by atoms with Gasteiger partial charge in [-0.1, -0.05) is 35.9 Å². The van der Waals surface area contributed by atoms with Crippen LogP contribution < -0.4 is 20.1 Å². The van der Waals surface area contributed by atoms with E-state index in [-0.39, 0.29) is 12.5 Å². The van der Waals surface area contributed by atoms with Gasteiger partial charge in [0, 0.05) is 23.5 Å². The molecule has 0 fully saturated rings. The van der Waals surface area contributed by atoms with Crippen LogP contribution in [0.4, 0.5) is 11.4 Å². The SMILES string of the molecule is COc1cccc(CNc2ccc(C)c(C)c2)c1OCC(=O)Nc1ccc(C)cc1. The molecule has 30 heavy (non-hydrogen) atoms. The third-order valence-corrected chi connectivity index (χ3v) is 4.95. The number of hydrogen-bond donors (Lipinski definition) is 2. The number of rotatable bonds is 8. The molecular formula is C25H28N2O3. The zero-order valence-corrected chi connectivity index (χ0v) is 17.9. The van der Waals surface area contributed by atoms with E-state index in [1.165, 1.54) is 11.1 Å². The Morgan fingerprint density at radius 1 is 0.900 bits per heavy atom. The lowest BCUT2D eigenvalue weighted by Crippen LogP contribution is -2.21. The molecule has 0 bridgehead atoms. The average Bonchev–Trinajstić information content (AvgIpc) is 2.74. The molecule has 3 aromatic rings. The van der Waals surface area contributed by atoms with E-state index in [0.717, 1.165) is 22.5 Å². The number of para-hydroxylation sites is 1. The van der Waals surface area contributed by atoms with Crippen molar-refractivity contribution in [2.75, 3.05) is 24.4 Å². The molecule has 5 heteroatoms. The van der Waals surface area contributed by atoms with Gasteiger partial charge in [-0.15, -0.1) is 0 Å². The summed E-state index contributed by atoms with van der Waals surface area (Å²) in [6.07, 6.45) is 0. The van der Waals surface area contributed by atoms with Crippen molar-refractivity contribution >= 4 is 17.3 Å². The standard InChI is InChI=1S/C25H28N2O3/c1-17-8-11-21(12-9-17)27-24(28)16-30-25-20(6-5-7-23(25)29-4)15-26-22-13-10-18(2)19(3)14-22/h5-14,26H,15-16H2,1-4H3,(H,27,28). The molecule has 0 radical (unpaired) electrons. The van der Waals surface area contributed by atoms with E-state index in [2.05, 4.69) is 42.7 Å². The predicted molar refractivity (Wildman–Crippen MR) is 122 cm³/mol. The topological polar surface area (TPSA) is 59.6 Å². The molecule has 156 valence electrons. The van der Waals surface area contributed by atoms with Crippen LogP contribution in [0.5, 0.6) is 11.5 Å². The Balaban J connectivity index is 1.67. The van der Waals surface area contributed by atoms with E-state index in [1.54, 1.807) is 7.11 Å². The highest BCUT2D eigenvalue weighted by Crippen LogP contribution is 2.32. The summed E-state index contributed by atoms with van der Waals surface area (Å²) in [6.45, 7) is 6.63. The van der Waals surface area contributed by atoms with Crippen molar-refractivity contribution in [2.24, 2.45) is 0 Å². The molecule has 0 aliphatic carbocycles. The van der Waals surface area contributed by atoms with Crippen molar-refractivity contribution in [1.82, 2.24) is 0 Å². The van der Waals surface area contributed by atoms with Crippen LogP contribution in [0.2, 0.25) is 0 Å². The minimum Gasteiger partial charge on any atom is -0.493 e. The molecular weight excluding hydrogens is 376 g/mol. The van der Waals surface area contributed by atoms with Gasteiger partial charge < -0.3 is 20.1 Å². The number of amides is 1. The van der Waals surface area contributed by atoms with E-state index in [4.69, 9.17) is 9.47 Å². The van der Waals surface area contributed by atoms with Crippen molar-refractivity contribution in [3.8, 4) is 11.5 Å². The lowest BCUT2D eigenvalue weighted by atomic mass is 10.1. The number of anilines is 2. The van der Waals surface area contributed by atoms with E-state index in [1.807, 2.05) is 49.4 Å². The highest BCUT2D eigenvalue weighted by atomic mass is 16.5. The monoisotopic (exact) mass is 404 g/mol. The summed E-state index contributed by atoms with van der Waals surface area (Å²) in [6, 6.07) is 19.6. The molecule has 0 aliphatic rings. The minimum absolute atomic E-state index is 0.106. The third kappa shape index (κ3) is 5.54. The maximum Gasteiger partial charge on any atom is 0.262 e. The number of carbonyl (C=O) groups excluding carboxylic acids is 1. The molecule has 0 unspecified atom stereocenters. The number of hydrogen-bond acceptors (Lipinski definition) is 4. The van der Waals surface area contributed by atoms with Crippen molar-refractivity contribution in [3.05, 3.63) is 82.9 Å². The highest BCUT2D eigenvalue weighted by Gasteiger charge is 2.13. The molecule has 2 N–H and O–H groups in total. The van der Waals surface area contributed by atoms with Crippen LogP contribution in [0.25, 0.3) is 0 Å². The number of nitrogens with one attached hydrogen (secondary N) is 2. The second-order valence-corrected chi connectivity index (χ2v) is 7.30. The van der Waals surface area contributed by atoms with Crippen LogP contribution in [0.15, 0.2) is 60.7 Å². The Morgan fingerprint density at radius 2 is 1.63 bits per heavy atom. The third-order valence-electron chi connectivity index (χ3n) is 4.95. The Bertz CT molecular complexity index is 1010. The number of ether oxygens (including phenoxy) is 2. The minimum atomic E-state index is -0.224. The number of aryl methyl sites for hydroxylation is 3. The summed E-state index contributed by atoms with van der Waals surface area (Å²) in [4.78, 5) is 12.3. The van der Waals surface area contributed by atoms with Gasteiger partial charge in [0.05, 0.1) is 7.11 Å². The molecule has 0 aromatic heterocycles. The van der Waals surface area contributed by atoms with Gasteiger partial charge in [0.2, 0.25) is 0 Å². The normalized spacial score (nSPS) is 10.4. The predicted octanol–water partition coefficient (Wildman–Crippen LogP) is 5.25. The summed E-state index contributed by atoms with van der Waals surface area (Å²) in [5.41, 5.74) is 6.31. The van der Waals surface area contributed by atoms with Crippen molar-refractivity contribution in [1.29, 1.82) is 0 Å². The van der Waals surface area contributed by atoms with Gasteiger partial charge in [0.25, 0.3) is 5.91 Å². The van der Waals surface area contributed by atoms with Gasteiger partial charge in [-0.25, -0.2) is 0 Å². The van der Waals surface area contributed by atoms with Crippen LogP contribution in [0, 0.1) is 20.8 Å². The zero-order valence-electron chi connectivity index (χ0n) is 17.9. The highest BCUT2D eigenvalue weighted by molar-refractivity contribution is 5.91. The molecule has 0 saturated heterocycles. The molecule has 0 aliphatic heterocycles. The lowest BCUT2D eigenvalue weighted by Gasteiger charge is -2.16. The van der Waals surface area contributed by atoms with Crippen LogP contribution in [0.1, 0.15) is 22.3 Å². The van der Waals surface area contributed by atoms with E-state index < -0.39 is 0 Å². The molecule has 3 rings (SSSR count). The smallest absolute Gasteiger partial charge is 0.262 e. The maximum absolute atomic E-state index is 12.3. The fourth-order valence-corrected chi connectivity index (χ4v) is 3.05. The van der Waals surface area contributed by atoms with Gasteiger partial charge in [-0.2, -0.15) is 0 Å². The van der Waals surface area contributed by atoms with Crippen LogP contribution in [-0.4, -0.2) is 19.6 Å².